The van der Waals surface area contributed by atoms with Crippen LogP contribution in [0, 0.1) is 25.2 Å². The molecule has 1 saturated heterocycles. The first-order valence-electron chi connectivity index (χ1n) is 13.2. The zero-order valence-electron chi connectivity index (χ0n) is 23.1. The van der Waals surface area contributed by atoms with E-state index in [1.807, 2.05) is 52.2 Å². The molecule has 40 heavy (non-hydrogen) atoms. The summed E-state index contributed by atoms with van der Waals surface area (Å²) in [5.74, 6) is 0.626. The molecule has 10 heteroatoms. The molecule has 6 rings (SSSR count). The summed E-state index contributed by atoms with van der Waals surface area (Å²) in [6.07, 6.45) is -0.366. The molecular weight excluding hydrogens is 510 g/mol. The van der Waals surface area contributed by atoms with Crippen molar-refractivity contribution in [1.82, 2.24) is 14.5 Å². The van der Waals surface area contributed by atoms with Gasteiger partial charge in [0.2, 0.25) is 23.6 Å². The van der Waals surface area contributed by atoms with Crippen molar-refractivity contribution in [2.75, 3.05) is 25.6 Å². The van der Waals surface area contributed by atoms with Crippen molar-refractivity contribution in [2.45, 2.75) is 50.9 Å². The van der Waals surface area contributed by atoms with E-state index < -0.39 is 17.3 Å². The Balaban J connectivity index is 1.42. The average molecular weight is 542 g/mol. The average Bonchev–Trinajstić information content (AvgIpc) is 3.46. The minimum Gasteiger partial charge on any atom is -0.494 e. The van der Waals surface area contributed by atoms with E-state index >= 15 is 0 Å². The molecule has 4 aromatic rings. The molecule has 2 bridgehead atoms. The summed E-state index contributed by atoms with van der Waals surface area (Å²) in [6, 6.07) is 12.9. The van der Waals surface area contributed by atoms with Crippen LogP contribution in [0.5, 0.6) is 17.6 Å². The van der Waals surface area contributed by atoms with Crippen LogP contribution in [0.1, 0.15) is 47.7 Å². The lowest BCUT2D eigenvalue weighted by Gasteiger charge is -2.27. The lowest BCUT2D eigenvalue weighted by Crippen LogP contribution is -2.33. The molecule has 4 heterocycles. The number of hydrogen-bond donors (Lipinski definition) is 3. The molecular formula is C30H31N5O5. The molecule has 0 radical (unpaired) electrons. The Hall–Kier alpha value is -4.33. The van der Waals surface area contributed by atoms with E-state index in [4.69, 9.17) is 9.47 Å². The highest BCUT2D eigenvalue weighted by atomic mass is 16.6. The highest BCUT2D eigenvalue weighted by molar-refractivity contribution is 5.95. The van der Waals surface area contributed by atoms with Crippen molar-refractivity contribution in [1.29, 1.82) is 5.26 Å². The molecule has 0 unspecified atom stereocenters. The maximum absolute atomic E-state index is 11.7. The first-order chi connectivity index (χ1) is 19.0. The second-order valence-electron chi connectivity index (χ2n) is 11.0. The first-order valence-corrected chi connectivity index (χ1v) is 13.2. The van der Waals surface area contributed by atoms with Gasteiger partial charge >= 0.3 is 0 Å². The van der Waals surface area contributed by atoms with Gasteiger partial charge in [-0.15, -0.1) is 0 Å². The number of aromatic hydroxyl groups is 2. The molecule has 10 nitrogen and oxygen atoms in total. The fourth-order valence-electron chi connectivity index (χ4n) is 6.17. The number of aryl methyl sites for hydroxylation is 1. The van der Waals surface area contributed by atoms with Crippen LogP contribution in [0.4, 0.5) is 5.95 Å². The molecule has 0 spiro atoms. The highest BCUT2D eigenvalue weighted by Gasteiger charge is 2.66. The number of rotatable bonds is 6. The summed E-state index contributed by atoms with van der Waals surface area (Å²) in [5.41, 5.74) is 1.15. The van der Waals surface area contributed by atoms with E-state index in [1.54, 1.807) is 24.0 Å². The topological polar surface area (TPSA) is 137 Å². The summed E-state index contributed by atoms with van der Waals surface area (Å²) >= 11 is 0. The van der Waals surface area contributed by atoms with Crippen LogP contribution >= 0.6 is 0 Å². The molecule has 0 aliphatic carbocycles. The molecule has 0 saturated carbocycles. The second-order valence-corrected chi connectivity index (χ2v) is 11.0. The number of aliphatic hydroxyl groups is 1. The third kappa shape index (κ3) is 3.48. The fraction of sp³-hybridized carbons (Fsp3) is 0.367. The molecule has 1 fully saturated rings. The Morgan fingerprint density at radius 1 is 1.10 bits per heavy atom. The van der Waals surface area contributed by atoms with Gasteiger partial charge in [-0.1, -0.05) is 24.3 Å². The number of ether oxygens (including phenoxy) is 2. The summed E-state index contributed by atoms with van der Waals surface area (Å²) in [4.78, 5) is 10.8. The van der Waals surface area contributed by atoms with Crippen LogP contribution < -0.4 is 9.64 Å². The van der Waals surface area contributed by atoms with Gasteiger partial charge in [0.15, 0.2) is 0 Å². The van der Waals surface area contributed by atoms with Gasteiger partial charge in [-0.05, 0) is 32.9 Å². The van der Waals surface area contributed by atoms with E-state index in [9.17, 15) is 20.6 Å². The lowest BCUT2D eigenvalue weighted by molar-refractivity contribution is -0.107. The van der Waals surface area contributed by atoms with Crippen LogP contribution in [-0.4, -0.2) is 56.7 Å². The molecule has 3 N–H and O–H groups in total. The molecule has 206 valence electrons. The standard InChI is InChI=1S/C30H31N5O5/c1-16-17(2)32-28(34(4)5)33-25(16)39-13-12-30-14-22(36)29(3,40-30)23-24(30)27(38)35(26(23)37)21-11-10-18(15-31)19-8-6-7-9-20(19)21/h6-11,22,36-38H,12-14H2,1-5H3/t22-,29-,30+/m0/s1. The Kier molecular flexibility index (Phi) is 5.73. The lowest BCUT2D eigenvalue weighted by atomic mass is 9.76. The van der Waals surface area contributed by atoms with Crippen LogP contribution in [0.15, 0.2) is 36.4 Å². The van der Waals surface area contributed by atoms with Gasteiger partial charge < -0.3 is 29.7 Å². The van der Waals surface area contributed by atoms with Crippen LogP contribution in [0.2, 0.25) is 0 Å². The Morgan fingerprint density at radius 2 is 1.80 bits per heavy atom. The van der Waals surface area contributed by atoms with E-state index in [-0.39, 0.29) is 24.8 Å². The number of anilines is 1. The summed E-state index contributed by atoms with van der Waals surface area (Å²) in [7, 11) is 3.72. The summed E-state index contributed by atoms with van der Waals surface area (Å²) < 4.78 is 14.0. The normalized spacial score (nSPS) is 22.9. The van der Waals surface area contributed by atoms with Gasteiger partial charge in [-0.3, -0.25) is 4.57 Å². The number of aliphatic hydroxyl groups excluding tert-OH is 1. The SMILES string of the molecule is Cc1nc(N(C)C)nc(OCC[C@]23C[C@H](O)[C@](C)(O2)c2c3c(O)n(-c3ccc(C#N)c4ccccc34)c2O)c1C. The van der Waals surface area contributed by atoms with E-state index in [0.29, 0.717) is 51.4 Å². The van der Waals surface area contributed by atoms with Crippen LogP contribution in [0.25, 0.3) is 16.5 Å². The zero-order chi connectivity index (χ0) is 28.6. The van der Waals surface area contributed by atoms with Crippen LogP contribution in [-0.2, 0) is 15.9 Å². The van der Waals surface area contributed by atoms with Crippen molar-refractivity contribution in [3.63, 3.8) is 0 Å². The number of fused-ring (bicyclic) bond motifs is 6. The summed E-state index contributed by atoms with van der Waals surface area (Å²) in [5, 5.41) is 45.3. The Labute approximate surface area is 231 Å². The van der Waals surface area contributed by atoms with Crippen molar-refractivity contribution in [3.8, 4) is 29.4 Å². The largest absolute Gasteiger partial charge is 0.494 e. The fourth-order valence-corrected chi connectivity index (χ4v) is 6.17. The number of aromatic nitrogens is 3. The number of hydrogen-bond acceptors (Lipinski definition) is 9. The van der Waals surface area contributed by atoms with Gasteiger partial charge in [-0.25, -0.2) is 4.98 Å². The maximum atomic E-state index is 11.7. The summed E-state index contributed by atoms with van der Waals surface area (Å²) in [6.45, 7) is 5.72. The first kappa shape index (κ1) is 25.9. The van der Waals surface area contributed by atoms with Crippen molar-refractivity contribution in [3.05, 3.63) is 64.3 Å². The van der Waals surface area contributed by atoms with Crippen molar-refractivity contribution >= 4 is 16.7 Å². The molecule has 0 amide bonds. The molecule has 2 aliphatic rings. The smallest absolute Gasteiger partial charge is 0.228 e. The molecule has 3 atom stereocenters. The number of benzene rings is 2. The quantitative estimate of drug-likeness (QED) is 0.330. The Morgan fingerprint density at radius 3 is 2.50 bits per heavy atom. The zero-order valence-corrected chi connectivity index (χ0v) is 23.1. The molecule has 2 aromatic heterocycles. The van der Waals surface area contributed by atoms with Gasteiger partial charge in [0, 0.05) is 49.0 Å². The van der Waals surface area contributed by atoms with Crippen LogP contribution in [0.3, 0.4) is 0 Å². The van der Waals surface area contributed by atoms with E-state index in [2.05, 4.69) is 16.0 Å². The van der Waals surface area contributed by atoms with E-state index in [0.717, 1.165) is 11.3 Å². The second kappa shape index (κ2) is 8.84. The van der Waals surface area contributed by atoms with Gasteiger partial charge in [-0.2, -0.15) is 10.2 Å². The predicted molar refractivity (Wildman–Crippen MR) is 148 cm³/mol. The minimum atomic E-state index is -1.22. The van der Waals surface area contributed by atoms with Gasteiger partial charge in [0.1, 0.15) is 11.2 Å². The third-order valence-electron chi connectivity index (χ3n) is 8.38. The monoisotopic (exact) mass is 541 g/mol. The van der Waals surface area contributed by atoms with Crippen molar-refractivity contribution < 1.29 is 24.8 Å². The number of nitriles is 1. The van der Waals surface area contributed by atoms with Crippen molar-refractivity contribution in [2.24, 2.45) is 0 Å². The molecule has 2 aliphatic heterocycles. The number of nitrogens with zero attached hydrogens (tertiary/aromatic N) is 5. The minimum absolute atomic E-state index is 0.165. The molecule has 2 aromatic carbocycles. The maximum Gasteiger partial charge on any atom is 0.228 e. The highest BCUT2D eigenvalue weighted by Crippen LogP contribution is 2.65. The predicted octanol–water partition coefficient (Wildman–Crippen LogP) is 4.06. The third-order valence-corrected chi connectivity index (χ3v) is 8.38. The van der Waals surface area contributed by atoms with Gasteiger partial charge in [0.25, 0.3) is 0 Å². The Bertz CT molecular complexity index is 1720. The van der Waals surface area contributed by atoms with E-state index in [1.165, 1.54) is 4.57 Å². The van der Waals surface area contributed by atoms with Gasteiger partial charge in [0.05, 0.1) is 41.2 Å².